The number of benzene rings is 1. The average Bonchev–Trinajstić information content (AvgIpc) is 3.01. The van der Waals surface area contributed by atoms with Crippen LogP contribution in [0.15, 0.2) is 18.2 Å². The molecule has 1 aromatic carbocycles. The average molecular weight is 277 g/mol. The third-order valence-electron chi connectivity index (χ3n) is 4.87. The van der Waals surface area contributed by atoms with Gasteiger partial charge >= 0.3 is 7.12 Å². The van der Waals surface area contributed by atoms with Crippen molar-refractivity contribution in [3.8, 4) is 0 Å². The number of halogens is 1. The fraction of sp³-hybridized carbons (Fsp3) is 0.600. The lowest BCUT2D eigenvalue weighted by atomic mass is 9.73. The van der Waals surface area contributed by atoms with Gasteiger partial charge in [-0.1, -0.05) is 12.1 Å². The topological polar surface area (TPSA) is 44.5 Å². The van der Waals surface area contributed by atoms with Gasteiger partial charge < -0.3 is 15.0 Å². The first-order valence-electron chi connectivity index (χ1n) is 7.10. The molecule has 3 nitrogen and oxygen atoms in total. The van der Waals surface area contributed by atoms with E-state index in [2.05, 4.69) is 0 Å². The van der Waals surface area contributed by atoms with Gasteiger partial charge in [-0.05, 0) is 52.2 Å². The molecule has 0 atom stereocenters. The lowest BCUT2D eigenvalue weighted by molar-refractivity contribution is 0.00578. The maximum atomic E-state index is 14.3. The second-order valence-electron chi connectivity index (χ2n) is 6.95. The summed E-state index contributed by atoms with van der Waals surface area (Å²) in [7, 11) is -0.697. The molecule has 108 valence electrons. The summed E-state index contributed by atoms with van der Waals surface area (Å²) in [6, 6.07) is 5.03. The van der Waals surface area contributed by atoms with Gasteiger partial charge in [0.2, 0.25) is 0 Å². The molecule has 1 aliphatic carbocycles. The van der Waals surface area contributed by atoms with Crippen molar-refractivity contribution >= 4 is 12.6 Å². The van der Waals surface area contributed by atoms with Crippen LogP contribution in [0.1, 0.15) is 46.1 Å². The van der Waals surface area contributed by atoms with Crippen molar-refractivity contribution in [1.82, 2.24) is 0 Å². The van der Waals surface area contributed by atoms with Crippen molar-refractivity contribution in [1.29, 1.82) is 0 Å². The molecular weight excluding hydrogens is 256 g/mol. The van der Waals surface area contributed by atoms with Crippen molar-refractivity contribution in [2.45, 2.75) is 57.3 Å². The zero-order valence-electron chi connectivity index (χ0n) is 12.5. The highest BCUT2D eigenvalue weighted by Crippen LogP contribution is 2.43. The quantitative estimate of drug-likeness (QED) is 0.842. The highest BCUT2D eigenvalue weighted by molar-refractivity contribution is 6.62. The minimum Gasteiger partial charge on any atom is -0.399 e. The van der Waals surface area contributed by atoms with Crippen LogP contribution >= 0.6 is 0 Å². The molecule has 0 bridgehead atoms. The number of rotatable bonds is 2. The van der Waals surface area contributed by atoms with Crippen LogP contribution in [0, 0.1) is 5.82 Å². The zero-order valence-corrected chi connectivity index (χ0v) is 12.5. The standard InChI is InChI=1S/C15H21BFNO2/c1-13(2)14(3,4)20-16(19-13)12-10(15(18)8-9-15)6-5-7-11(12)17/h5-7H,8-9,18H2,1-4H3. The molecule has 1 aromatic rings. The Morgan fingerprint density at radius 3 is 2.15 bits per heavy atom. The molecule has 0 unspecified atom stereocenters. The molecule has 1 aliphatic heterocycles. The zero-order chi connectivity index (χ0) is 14.8. The van der Waals surface area contributed by atoms with E-state index in [0.717, 1.165) is 18.4 Å². The van der Waals surface area contributed by atoms with Crippen molar-refractivity contribution in [2.24, 2.45) is 5.73 Å². The SMILES string of the molecule is CC1(C)OB(c2c(F)cccc2C2(N)CC2)OC1(C)C. The van der Waals surface area contributed by atoms with Crippen molar-refractivity contribution < 1.29 is 13.7 Å². The normalized spacial score (nSPS) is 25.8. The van der Waals surface area contributed by atoms with Crippen LogP contribution in [0.3, 0.4) is 0 Å². The summed E-state index contributed by atoms with van der Waals surface area (Å²) in [5.74, 6) is -0.308. The molecule has 0 aromatic heterocycles. The smallest absolute Gasteiger partial charge is 0.399 e. The molecule has 1 saturated heterocycles. The van der Waals surface area contributed by atoms with E-state index in [1.165, 1.54) is 6.07 Å². The summed E-state index contributed by atoms with van der Waals surface area (Å²) in [5.41, 5.74) is 6.16. The molecule has 20 heavy (non-hydrogen) atoms. The molecule has 1 heterocycles. The van der Waals surface area contributed by atoms with Gasteiger partial charge in [-0.2, -0.15) is 0 Å². The number of hydrogen-bond donors (Lipinski definition) is 1. The van der Waals surface area contributed by atoms with E-state index in [1.807, 2.05) is 33.8 Å². The maximum Gasteiger partial charge on any atom is 0.498 e. The van der Waals surface area contributed by atoms with E-state index in [0.29, 0.717) is 5.46 Å². The van der Waals surface area contributed by atoms with Crippen LogP contribution in [-0.4, -0.2) is 18.3 Å². The summed E-state index contributed by atoms with van der Waals surface area (Å²) in [5, 5.41) is 0. The second-order valence-corrected chi connectivity index (χ2v) is 6.95. The van der Waals surface area contributed by atoms with Gasteiger partial charge in [-0.15, -0.1) is 0 Å². The number of nitrogens with two attached hydrogens (primary N) is 1. The molecular formula is C15H21BFNO2. The molecule has 2 fully saturated rings. The third-order valence-corrected chi connectivity index (χ3v) is 4.87. The largest absolute Gasteiger partial charge is 0.498 e. The number of hydrogen-bond acceptors (Lipinski definition) is 3. The summed E-state index contributed by atoms with van der Waals surface area (Å²) in [6.45, 7) is 7.84. The molecule has 0 radical (unpaired) electrons. The lowest BCUT2D eigenvalue weighted by Gasteiger charge is -2.32. The van der Waals surface area contributed by atoms with Gasteiger partial charge in [0.1, 0.15) is 5.82 Å². The van der Waals surface area contributed by atoms with Gasteiger partial charge in [0.15, 0.2) is 0 Å². The predicted octanol–water partition coefficient (Wildman–Crippen LogP) is 2.07. The Hall–Kier alpha value is -0.905. The molecule has 0 amide bonds. The summed E-state index contributed by atoms with van der Waals surface area (Å²) >= 11 is 0. The Bertz CT molecular complexity index is 539. The Balaban J connectivity index is 2.04. The van der Waals surface area contributed by atoms with E-state index in [-0.39, 0.29) is 5.82 Å². The Labute approximate surface area is 119 Å². The van der Waals surface area contributed by atoms with Gasteiger partial charge in [-0.3, -0.25) is 0 Å². The van der Waals surface area contributed by atoms with Crippen LogP contribution in [0.4, 0.5) is 4.39 Å². The van der Waals surface area contributed by atoms with E-state index < -0.39 is 23.9 Å². The van der Waals surface area contributed by atoms with Gasteiger partial charge in [0.25, 0.3) is 0 Å². The monoisotopic (exact) mass is 277 g/mol. The van der Waals surface area contributed by atoms with E-state index >= 15 is 0 Å². The molecule has 1 saturated carbocycles. The molecule has 2 N–H and O–H groups in total. The Morgan fingerprint density at radius 2 is 1.65 bits per heavy atom. The second kappa shape index (κ2) is 4.06. The first-order valence-corrected chi connectivity index (χ1v) is 7.10. The lowest BCUT2D eigenvalue weighted by Crippen LogP contribution is -2.42. The highest BCUT2D eigenvalue weighted by atomic mass is 19.1. The van der Waals surface area contributed by atoms with Crippen LogP contribution in [0.25, 0.3) is 0 Å². The van der Waals surface area contributed by atoms with Crippen LogP contribution < -0.4 is 11.2 Å². The van der Waals surface area contributed by atoms with Crippen LogP contribution in [0.2, 0.25) is 0 Å². The van der Waals surface area contributed by atoms with E-state index in [1.54, 1.807) is 6.07 Å². The van der Waals surface area contributed by atoms with Gasteiger partial charge in [0.05, 0.1) is 11.2 Å². The van der Waals surface area contributed by atoms with E-state index in [4.69, 9.17) is 15.0 Å². The summed E-state index contributed by atoms with van der Waals surface area (Å²) < 4.78 is 26.3. The first kappa shape index (κ1) is 14.0. The molecule has 0 spiro atoms. The maximum absolute atomic E-state index is 14.3. The van der Waals surface area contributed by atoms with Crippen LogP contribution in [-0.2, 0) is 14.8 Å². The summed E-state index contributed by atoms with van der Waals surface area (Å²) in [6.07, 6.45) is 1.76. The fourth-order valence-electron chi connectivity index (χ4n) is 2.58. The highest BCUT2D eigenvalue weighted by Gasteiger charge is 2.54. The van der Waals surface area contributed by atoms with Crippen molar-refractivity contribution in [3.05, 3.63) is 29.6 Å². The molecule has 3 rings (SSSR count). The first-order chi connectivity index (χ1) is 9.16. The third kappa shape index (κ3) is 2.00. The van der Waals surface area contributed by atoms with Crippen molar-refractivity contribution in [3.63, 3.8) is 0 Å². The Kier molecular flexibility index (Phi) is 2.85. The van der Waals surface area contributed by atoms with Gasteiger partial charge in [-0.25, -0.2) is 4.39 Å². The molecule has 5 heteroatoms. The summed E-state index contributed by atoms with van der Waals surface area (Å²) in [4.78, 5) is 0. The predicted molar refractivity (Wildman–Crippen MR) is 77.2 cm³/mol. The van der Waals surface area contributed by atoms with Crippen LogP contribution in [0.5, 0.6) is 0 Å². The van der Waals surface area contributed by atoms with Gasteiger partial charge in [0, 0.05) is 11.0 Å². The fourth-order valence-corrected chi connectivity index (χ4v) is 2.58. The minimum absolute atomic E-state index is 0.308. The Morgan fingerprint density at radius 1 is 1.10 bits per heavy atom. The molecule has 2 aliphatic rings. The minimum atomic E-state index is -0.697. The van der Waals surface area contributed by atoms with E-state index in [9.17, 15) is 4.39 Å². The van der Waals surface area contributed by atoms with Crippen molar-refractivity contribution in [2.75, 3.05) is 0 Å².